The predicted octanol–water partition coefficient (Wildman–Crippen LogP) is 2.03. The van der Waals surface area contributed by atoms with Crippen molar-refractivity contribution in [1.82, 2.24) is 20.3 Å². The summed E-state index contributed by atoms with van der Waals surface area (Å²) in [6.07, 6.45) is 3.80. The van der Waals surface area contributed by atoms with Gasteiger partial charge in [0.25, 0.3) is 0 Å². The molecule has 0 amide bonds. The zero-order valence-electron chi connectivity index (χ0n) is 17.0. The Morgan fingerprint density at radius 2 is 1.74 bits per heavy atom. The molecule has 3 N–H and O–H groups in total. The standard InChI is InChI=1S/C19H33N7O/c1-6-7-20-15-22-16(24-17(23-15)26-8-10-27-11-9-26)21-14-12-18(2,3)25-19(4,5)13-14/h6,14,25H,1,7-13H2,2-5H3,(H2,20,21,22,23,24). The van der Waals surface area contributed by atoms with Crippen LogP contribution in [-0.4, -0.2) is 64.9 Å². The van der Waals surface area contributed by atoms with Crippen molar-refractivity contribution in [2.24, 2.45) is 0 Å². The van der Waals surface area contributed by atoms with Crippen LogP contribution in [0.1, 0.15) is 40.5 Å². The molecule has 3 heterocycles. The topological polar surface area (TPSA) is 87.2 Å². The number of hydrogen-bond donors (Lipinski definition) is 3. The van der Waals surface area contributed by atoms with E-state index in [4.69, 9.17) is 9.72 Å². The number of aromatic nitrogens is 3. The van der Waals surface area contributed by atoms with E-state index in [1.165, 1.54) is 0 Å². The molecule has 150 valence electrons. The smallest absolute Gasteiger partial charge is 0.232 e. The largest absolute Gasteiger partial charge is 0.378 e. The first kappa shape index (κ1) is 19.8. The lowest BCUT2D eigenvalue weighted by atomic mass is 9.80. The van der Waals surface area contributed by atoms with Crippen molar-refractivity contribution < 1.29 is 4.74 Å². The van der Waals surface area contributed by atoms with E-state index in [0.29, 0.717) is 43.6 Å². The van der Waals surface area contributed by atoms with Crippen molar-refractivity contribution in [2.45, 2.75) is 57.7 Å². The zero-order chi connectivity index (χ0) is 19.5. The number of rotatable bonds is 6. The summed E-state index contributed by atoms with van der Waals surface area (Å²) in [5.74, 6) is 1.88. The third kappa shape index (κ3) is 5.52. The van der Waals surface area contributed by atoms with E-state index in [2.05, 4.69) is 65.1 Å². The average molecular weight is 376 g/mol. The van der Waals surface area contributed by atoms with Crippen LogP contribution < -0.4 is 20.9 Å². The highest BCUT2D eigenvalue weighted by molar-refractivity contribution is 5.45. The molecule has 0 spiro atoms. The van der Waals surface area contributed by atoms with Gasteiger partial charge in [-0.05, 0) is 40.5 Å². The van der Waals surface area contributed by atoms with Crippen molar-refractivity contribution in [3.8, 4) is 0 Å². The molecule has 1 aromatic rings. The average Bonchev–Trinajstić information content (AvgIpc) is 2.57. The lowest BCUT2D eigenvalue weighted by Crippen LogP contribution is -2.60. The van der Waals surface area contributed by atoms with Crippen LogP contribution in [-0.2, 0) is 4.74 Å². The van der Waals surface area contributed by atoms with Gasteiger partial charge in [-0.25, -0.2) is 0 Å². The fourth-order valence-corrected chi connectivity index (χ4v) is 4.18. The highest BCUT2D eigenvalue weighted by Crippen LogP contribution is 2.30. The molecule has 3 rings (SSSR count). The molecule has 2 aliphatic heterocycles. The van der Waals surface area contributed by atoms with Crippen molar-refractivity contribution in [3.05, 3.63) is 12.7 Å². The van der Waals surface area contributed by atoms with Gasteiger partial charge in [0.1, 0.15) is 0 Å². The number of anilines is 3. The van der Waals surface area contributed by atoms with E-state index < -0.39 is 0 Å². The fraction of sp³-hybridized carbons (Fsp3) is 0.737. The summed E-state index contributed by atoms with van der Waals surface area (Å²) < 4.78 is 5.45. The van der Waals surface area contributed by atoms with Gasteiger partial charge >= 0.3 is 0 Å². The highest BCUT2D eigenvalue weighted by Gasteiger charge is 2.38. The summed E-state index contributed by atoms with van der Waals surface area (Å²) >= 11 is 0. The Bertz CT molecular complexity index is 639. The third-order valence-electron chi connectivity index (χ3n) is 4.85. The lowest BCUT2D eigenvalue weighted by molar-refractivity contribution is 0.122. The molecule has 0 bridgehead atoms. The Balaban J connectivity index is 1.81. The van der Waals surface area contributed by atoms with Gasteiger partial charge in [-0.1, -0.05) is 6.08 Å². The van der Waals surface area contributed by atoms with Gasteiger partial charge in [-0.3, -0.25) is 0 Å². The molecule has 27 heavy (non-hydrogen) atoms. The summed E-state index contributed by atoms with van der Waals surface area (Å²) in [7, 11) is 0. The minimum atomic E-state index is 0.0589. The number of nitrogens with zero attached hydrogens (tertiary/aromatic N) is 4. The molecule has 2 saturated heterocycles. The van der Waals surface area contributed by atoms with Crippen LogP contribution in [0.25, 0.3) is 0 Å². The van der Waals surface area contributed by atoms with Crippen molar-refractivity contribution >= 4 is 17.8 Å². The van der Waals surface area contributed by atoms with Crippen LogP contribution in [0.3, 0.4) is 0 Å². The van der Waals surface area contributed by atoms with Crippen LogP contribution in [0.15, 0.2) is 12.7 Å². The van der Waals surface area contributed by atoms with E-state index in [1.54, 1.807) is 6.08 Å². The van der Waals surface area contributed by atoms with Crippen molar-refractivity contribution in [3.63, 3.8) is 0 Å². The summed E-state index contributed by atoms with van der Waals surface area (Å²) in [6, 6.07) is 0.295. The van der Waals surface area contributed by atoms with Crippen molar-refractivity contribution in [2.75, 3.05) is 48.4 Å². The van der Waals surface area contributed by atoms with Gasteiger partial charge in [0, 0.05) is 36.8 Å². The summed E-state index contributed by atoms with van der Waals surface area (Å²) in [4.78, 5) is 16.0. The van der Waals surface area contributed by atoms with Gasteiger partial charge < -0.3 is 25.6 Å². The van der Waals surface area contributed by atoms with Gasteiger partial charge in [0.2, 0.25) is 17.8 Å². The predicted molar refractivity (Wildman–Crippen MR) is 109 cm³/mol. The maximum Gasteiger partial charge on any atom is 0.232 e. The van der Waals surface area contributed by atoms with E-state index in [-0.39, 0.29) is 11.1 Å². The Hall–Kier alpha value is -1.93. The summed E-state index contributed by atoms with van der Waals surface area (Å²) in [5, 5.41) is 10.5. The van der Waals surface area contributed by atoms with E-state index >= 15 is 0 Å². The Kier molecular flexibility index (Phi) is 5.86. The first-order valence-corrected chi connectivity index (χ1v) is 9.76. The van der Waals surface area contributed by atoms with Gasteiger partial charge in [0.15, 0.2) is 0 Å². The molecule has 0 aliphatic carbocycles. The number of ether oxygens (including phenoxy) is 1. The molecule has 0 atom stereocenters. The lowest BCUT2D eigenvalue weighted by Gasteiger charge is -2.46. The quantitative estimate of drug-likeness (QED) is 0.651. The normalized spacial score (nSPS) is 22.3. The minimum absolute atomic E-state index is 0.0589. The third-order valence-corrected chi connectivity index (χ3v) is 4.85. The minimum Gasteiger partial charge on any atom is -0.378 e. The fourth-order valence-electron chi connectivity index (χ4n) is 4.18. The second kappa shape index (κ2) is 7.98. The van der Waals surface area contributed by atoms with Crippen LogP contribution >= 0.6 is 0 Å². The first-order chi connectivity index (χ1) is 12.8. The number of piperidine rings is 1. The molecular weight excluding hydrogens is 342 g/mol. The van der Waals surface area contributed by atoms with Gasteiger partial charge in [-0.2, -0.15) is 15.0 Å². The molecule has 0 unspecified atom stereocenters. The molecule has 2 aliphatic rings. The monoisotopic (exact) mass is 375 g/mol. The summed E-state index contributed by atoms with van der Waals surface area (Å²) in [6.45, 7) is 16.3. The Morgan fingerprint density at radius 1 is 1.11 bits per heavy atom. The SMILES string of the molecule is C=CCNc1nc(NC2CC(C)(C)NC(C)(C)C2)nc(N2CCOCC2)n1. The summed E-state index contributed by atoms with van der Waals surface area (Å²) in [5.41, 5.74) is 0.118. The molecule has 1 aromatic heterocycles. The molecular formula is C19H33N7O. The van der Waals surface area contributed by atoms with Crippen molar-refractivity contribution in [1.29, 1.82) is 0 Å². The van der Waals surface area contributed by atoms with E-state index in [0.717, 1.165) is 25.9 Å². The van der Waals surface area contributed by atoms with Crippen LogP contribution in [0.5, 0.6) is 0 Å². The second-order valence-electron chi connectivity index (χ2n) is 8.69. The van der Waals surface area contributed by atoms with E-state index in [9.17, 15) is 0 Å². The molecule has 0 aromatic carbocycles. The molecule has 0 saturated carbocycles. The Labute approximate surface area is 162 Å². The molecule has 0 radical (unpaired) electrons. The Morgan fingerprint density at radius 3 is 2.37 bits per heavy atom. The maximum atomic E-state index is 5.45. The highest BCUT2D eigenvalue weighted by atomic mass is 16.5. The second-order valence-corrected chi connectivity index (χ2v) is 8.69. The number of morpholine rings is 1. The van der Waals surface area contributed by atoms with E-state index in [1.807, 2.05) is 0 Å². The zero-order valence-corrected chi connectivity index (χ0v) is 17.0. The molecule has 8 heteroatoms. The molecule has 2 fully saturated rings. The first-order valence-electron chi connectivity index (χ1n) is 9.76. The van der Waals surface area contributed by atoms with Crippen LogP contribution in [0.2, 0.25) is 0 Å². The van der Waals surface area contributed by atoms with Crippen LogP contribution in [0, 0.1) is 0 Å². The number of nitrogens with one attached hydrogen (secondary N) is 3. The maximum absolute atomic E-state index is 5.45. The molecule has 8 nitrogen and oxygen atoms in total. The van der Waals surface area contributed by atoms with Gasteiger partial charge in [0.05, 0.1) is 13.2 Å². The van der Waals surface area contributed by atoms with Crippen LogP contribution in [0.4, 0.5) is 17.8 Å². The van der Waals surface area contributed by atoms with Gasteiger partial charge in [-0.15, -0.1) is 6.58 Å². The number of hydrogen-bond acceptors (Lipinski definition) is 8.